The van der Waals surface area contributed by atoms with Gasteiger partial charge in [-0.05, 0) is 39.0 Å². The molecular formula is C23H25N5O6. The van der Waals surface area contributed by atoms with Crippen molar-refractivity contribution in [2.75, 3.05) is 18.5 Å². The van der Waals surface area contributed by atoms with Crippen LogP contribution in [-0.2, 0) is 9.47 Å². The number of fused-ring (bicyclic) bond motifs is 2. The predicted molar refractivity (Wildman–Crippen MR) is 122 cm³/mol. The number of benzene rings is 2. The van der Waals surface area contributed by atoms with Gasteiger partial charge in [-0.15, -0.1) is 0 Å². The van der Waals surface area contributed by atoms with Crippen molar-refractivity contribution < 1.29 is 24.2 Å². The first-order chi connectivity index (χ1) is 16.3. The van der Waals surface area contributed by atoms with Crippen molar-refractivity contribution in [3.05, 3.63) is 58.1 Å². The van der Waals surface area contributed by atoms with Gasteiger partial charge in [-0.1, -0.05) is 12.1 Å². The number of nitro groups is 1. The third-order valence-corrected chi connectivity index (χ3v) is 5.88. The number of aliphatic hydroxyl groups is 1. The van der Waals surface area contributed by atoms with Crippen LogP contribution in [0.1, 0.15) is 32.4 Å². The molecule has 1 aromatic heterocycles. The van der Waals surface area contributed by atoms with Gasteiger partial charge in [-0.3, -0.25) is 20.0 Å². The van der Waals surface area contributed by atoms with Gasteiger partial charge in [0.05, 0.1) is 22.0 Å². The monoisotopic (exact) mass is 467 g/mol. The Bertz CT molecular complexity index is 1250. The Morgan fingerprint density at radius 1 is 1.32 bits per heavy atom. The molecule has 11 nitrogen and oxygen atoms in total. The average molecular weight is 467 g/mol. The minimum absolute atomic E-state index is 0.159. The van der Waals surface area contributed by atoms with Crippen molar-refractivity contribution >= 4 is 22.7 Å². The Balaban J connectivity index is 2.00. The number of aromatic nitrogens is 2. The van der Waals surface area contributed by atoms with Crippen LogP contribution in [0, 0.1) is 21.6 Å². The molecular weight excluding hydrogens is 442 g/mol. The molecule has 2 heterocycles. The van der Waals surface area contributed by atoms with Gasteiger partial charge >= 0.3 is 0 Å². The molecule has 2 N–H and O–H groups in total. The summed E-state index contributed by atoms with van der Waals surface area (Å²) in [5.74, 6) is 0.507. The first-order valence-corrected chi connectivity index (χ1v) is 10.9. The molecule has 1 aliphatic rings. The van der Waals surface area contributed by atoms with E-state index < -0.39 is 29.0 Å². The minimum Gasteiger partial charge on any atom is -0.479 e. The molecule has 0 fully saturated rings. The van der Waals surface area contributed by atoms with E-state index >= 15 is 0 Å². The van der Waals surface area contributed by atoms with Crippen LogP contribution in [0.5, 0.6) is 5.75 Å². The van der Waals surface area contributed by atoms with Gasteiger partial charge in [-0.25, -0.2) is 4.98 Å². The maximum Gasteiger partial charge on any atom is 0.270 e. The van der Waals surface area contributed by atoms with E-state index in [0.29, 0.717) is 35.6 Å². The third-order valence-electron chi connectivity index (χ3n) is 5.88. The highest BCUT2D eigenvalue weighted by Gasteiger charge is 2.54. The summed E-state index contributed by atoms with van der Waals surface area (Å²) >= 11 is 0. The zero-order valence-corrected chi connectivity index (χ0v) is 19.0. The lowest BCUT2D eigenvalue weighted by atomic mass is 9.84. The molecule has 0 saturated heterocycles. The topological polar surface area (TPSA) is 145 Å². The summed E-state index contributed by atoms with van der Waals surface area (Å²) in [6.45, 7) is 5.89. The number of nitrogens with zero attached hydrogens (tertiary/aromatic N) is 4. The number of rotatable bonds is 8. The first kappa shape index (κ1) is 23.4. The van der Waals surface area contributed by atoms with Crippen molar-refractivity contribution in [2.45, 2.75) is 44.8 Å². The standard InChI is InChI=1S/C23H25N5O6/c1-4-32-21(33-5-2)23(3)20(29)19(15-12-14(28(30)31)10-11-18(15)34-23)27-17-9-7-6-8-16(17)26-22(27)25-13-24/h6-12,19-21,29H,4-5H2,1-3H3,(H,25,26)/t19-,20+,23-/m0/s1. The number of aliphatic hydroxyl groups excluding tert-OH is 1. The molecule has 4 rings (SSSR count). The van der Waals surface area contributed by atoms with Crippen LogP contribution in [-0.4, -0.2) is 50.8 Å². The zero-order valence-electron chi connectivity index (χ0n) is 19.0. The smallest absolute Gasteiger partial charge is 0.270 e. The lowest BCUT2D eigenvalue weighted by molar-refractivity contribution is -0.385. The number of nitro benzene ring substituents is 1. The van der Waals surface area contributed by atoms with Crippen molar-refractivity contribution in [2.24, 2.45) is 0 Å². The second kappa shape index (κ2) is 9.26. The van der Waals surface area contributed by atoms with Gasteiger partial charge < -0.3 is 19.3 Å². The number of anilines is 1. The fraction of sp³-hybridized carbons (Fsp3) is 0.391. The maximum absolute atomic E-state index is 11.8. The van der Waals surface area contributed by atoms with Crippen molar-refractivity contribution in [1.82, 2.24) is 9.55 Å². The van der Waals surface area contributed by atoms with E-state index in [1.165, 1.54) is 18.2 Å². The molecule has 2 aromatic carbocycles. The van der Waals surface area contributed by atoms with Crippen molar-refractivity contribution in [3.63, 3.8) is 0 Å². The number of hydrogen-bond donors (Lipinski definition) is 2. The Labute approximate surface area is 195 Å². The largest absolute Gasteiger partial charge is 0.479 e. The quantitative estimate of drug-likeness (QED) is 0.167. The summed E-state index contributed by atoms with van der Waals surface area (Å²) in [5.41, 5.74) is 0.0209. The molecule has 0 aliphatic carbocycles. The van der Waals surface area contributed by atoms with Crippen molar-refractivity contribution in [3.8, 4) is 11.9 Å². The van der Waals surface area contributed by atoms with Crippen molar-refractivity contribution in [1.29, 1.82) is 5.26 Å². The molecule has 34 heavy (non-hydrogen) atoms. The highest BCUT2D eigenvalue weighted by atomic mass is 16.7. The number of nitrogens with one attached hydrogen (secondary N) is 1. The summed E-state index contributed by atoms with van der Waals surface area (Å²) < 4.78 is 19.5. The van der Waals surface area contributed by atoms with Gasteiger partial charge in [0.1, 0.15) is 11.9 Å². The zero-order chi connectivity index (χ0) is 24.5. The first-order valence-electron chi connectivity index (χ1n) is 10.9. The number of hydrogen-bond acceptors (Lipinski definition) is 9. The van der Waals surface area contributed by atoms with E-state index in [0.717, 1.165) is 0 Å². The summed E-state index contributed by atoms with van der Waals surface area (Å²) in [5, 5.41) is 35.2. The second-order valence-electron chi connectivity index (χ2n) is 7.93. The van der Waals surface area contributed by atoms with Crippen LogP contribution >= 0.6 is 0 Å². The van der Waals surface area contributed by atoms with Crippen LogP contribution in [0.3, 0.4) is 0 Å². The van der Waals surface area contributed by atoms with E-state index in [9.17, 15) is 20.5 Å². The summed E-state index contributed by atoms with van der Waals surface area (Å²) in [6, 6.07) is 10.5. The summed E-state index contributed by atoms with van der Waals surface area (Å²) in [4.78, 5) is 15.5. The van der Waals surface area contributed by atoms with Crippen LogP contribution in [0.4, 0.5) is 11.6 Å². The van der Waals surface area contributed by atoms with Gasteiger partial charge in [-0.2, -0.15) is 5.26 Å². The van der Waals surface area contributed by atoms with E-state index in [4.69, 9.17) is 14.2 Å². The number of ether oxygens (including phenoxy) is 3. The molecule has 0 unspecified atom stereocenters. The minimum atomic E-state index is -1.39. The molecule has 0 spiro atoms. The Morgan fingerprint density at radius 2 is 2.03 bits per heavy atom. The van der Waals surface area contributed by atoms with Gasteiger partial charge in [0.25, 0.3) is 5.69 Å². The molecule has 1 aliphatic heterocycles. The third kappa shape index (κ3) is 3.81. The van der Waals surface area contributed by atoms with Crippen LogP contribution in [0.25, 0.3) is 11.0 Å². The van der Waals surface area contributed by atoms with E-state index in [2.05, 4.69) is 10.3 Å². The Morgan fingerprint density at radius 3 is 2.68 bits per heavy atom. The highest BCUT2D eigenvalue weighted by molar-refractivity contribution is 5.79. The second-order valence-corrected chi connectivity index (χ2v) is 7.93. The molecule has 11 heteroatoms. The predicted octanol–water partition coefficient (Wildman–Crippen LogP) is 3.34. The SMILES string of the molecule is CCOC(OCC)[C@@]1(C)Oc2ccc([N+](=O)[O-])cc2[C@H](n2c(NC#N)nc3ccccc32)[C@H]1O. The summed E-state index contributed by atoms with van der Waals surface area (Å²) in [6.07, 6.45) is -0.370. The fourth-order valence-corrected chi connectivity index (χ4v) is 4.37. The van der Waals surface area contributed by atoms with Crippen LogP contribution in [0.15, 0.2) is 42.5 Å². The lowest BCUT2D eigenvalue weighted by Gasteiger charge is -2.47. The number of imidazole rings is 1. The van der Waals surface area contributed by atoms with Crippen LogP contribution < -0.4 is 10.1 Å². The average Bonchev–Trinajstić information content (AvgIpc) is 3.17. The molecule has 0 bridgehead atoms. The molecule has 3 aromatic rings. The fourth-order valence-electron chi connectivity index (χ4n) is 4.37. The Hall–Kier alpha value is -3.72. The highest BCUT2D eigenvalue weighted by Crippen LogP contribution is 2.47. The van der Waals surface area contributed by atoms with Gasteiger partial charge in [0.15, 0.2) is 18.1 Å². The number of para-hydroxylation sites is 2. The van der Waals surface area contributed by atoms with E-state index in [1.807, 2.05) is 6.19 Å². The van der Waals surface area contributed by atoms with E-state index in [1.54, 1.807) is 49.6 Å². The molecule has 178 valence electrons. The number of non-ortho nitro benzene ring substituents is 1. The normalized spacial score (nSPS) is 21.6. The molecule has 0 radical (unpaired) electrons. The molecule has 3 atom stereocenters. The molecule has 0 amide bonds. The van der Waals surface area contributed by atoms with E-state index in [-0.39, 0.29) is 11.6 Å². The Kier molecular flexibility index (Phi) is 6.39. The maximum atomic E-state index is 11.8. The number of nitriles is 1. The molecule has 0 saturated carbocycles. The van der Waals surface area contributed by atoms with Gasteiger partial charge in [0.2, 0.25) is 5.95 Å². The lowest BCUT2D eigenvalue weighted by Crippen LogP contribution is -2.61. The summed E-state index contributed by atoms with van der Waals surface area (Å²) in [7, 11) is 0. The van der Waals surface area contributed by atoms with Crippen LogP contribution in [0.2, 0.25) is 0 Å². The van der Waals surface area contributed by atoms with Gasteiger partial charge in [0, 0.05) is 30.9 Å².